The van der Waals surface area contributed by atoms with E-state index in [2.05, 4.69) is 4.99 Å². The first-order chi connectivity index (χ1) is 5.84. The van der Waals surface area contributed by atoms with Gasteiger partial charge >= 0.3 is 6.18 Å². The van der Waals surface area contributed by atoms with Gasteiger partial charge in [-0.2, -0.15) is 13.2 Å². The third kappa shape index (κ3) is 2.05. The third-order valence-electron chi connectivity index (χ3n) is 2.06. The molecule has 0 aromatic rings. The van der Waals surface area contributed by atoms with Crippen molar-refractivity contribution < 1.29 is 13.2 Å². The van der Waals surface area contributed by atoms with E-state index in [-0.39, 0.29) is 0 Å². The van der Waals surface area contributed by atoms with Crippen molar-refractivity contribution in [3.8, 4) is 0 Å². The maximum atomic E-state index is 12.3. The van der Waals surface area contributed by atoms with E-state index < -0.39 is 23.0 Å². The number of allylic oxidation sites excluding steroid dienone is 1. The van der Waals surface area contributed by atoms with Gasteiger partial charge in [-0.05, 0) is 6.92 Å². The first kappa shape index (κ1) is 10.6. The van der Waals surface area contributed by atoms with Crippen molar-refractivity contribution in [2.45, 2.75) is 25.4 Å². The Morgan fingerprint density at radius 2 is 2.00 bits per heavy atom. The summed E-state index contributed by atoms with van der Waals surface area (Å²) in [6, 6.07) is 0. The lowest BCUT2D eigenvalue weighted by molar-refractivity contribution is -0.0983. The second-order valence-corrected chi connectivity index (χ2v) is 3.51. The van der Waals surface area contributed by atoms with Gasteiger partial charge in [0, 0.05) is 17.8 Å². The number of nitrogens with zero attached hydrogens (tertiary/aromatic N) is 1. The van der Waals surface area contributed by atoms with Gasteiger partial charge in [-0.25, -0.2) is 0 Å². The van der Waals surface area contributed by atoms with Crippen LogP contribution in [0, 0.1) is 5.92 Å². The molecule has 2 atom stereocenters. The molecule has 0 amide bonds. The molecule has 0 spiro atoms. The molecule has 74 valence electrons. The van der Waals surface area contributed by atoms with Gasteiger partial charge in [0.25, 0.3) is 0 Å². The Kier molecular flexibility index (Phi) is 2.71. The summed E-state index contributed by atoms with van der Waals surface area (Å²) in [6.07, 6.45) is -3.46. The summed E-state index contributed by atoms with van der Waals surface area (Å²) >= 11 is 5.75. The molecule has 0 saturated carbocycles. The topological polar surface area (TPSA) is 12.4 Å². The SMILES string of the molecule is CC1=NC=C(C(F)(F)F)C(C)C1Cl. The molecule has 0 fully saturated rings. The molecule has 0 aromatic heterocycles. The highest BCUT2D eigenvalue weighted by Gasteiger charge is 2.41. The highest BCUT2D eigenvalue weighted by Crippen LogP contribution is 2.36. The molecule has 0 saturated heterocycles. The zero-order valence-corrected chi connectivity index (χ0v) is 7.95. The minimum atomic E-state index is -4.32. The third-order valence-corrected chi connectivity index (χ3v) is 2.76. The average Bonchev–Trinajstić information content (AvgIpc) is 1.98. The molecule has 0 radical (unpaired) electrons. The molecule has 5 heteroatoms. The summed E-state index contributed by atoms with van der Waals surface area (Å²) in [5.41, 5.74) is -0.125. The van der Waals surface area contributed by atoms with E-state index in [1.165, 1.54) is 6.92 Å². The van der Waals surface area contributed by atoms with Gasteiger partial charge in [0.05, 0.1) is 11.0 Å². The second kappa shape index (κ2) is 3.33. The zero-order valence-electron chi connectivity index (χ0n) is 7.19. The lowest BCUT2D eigenvalue weighted by atomic mass is 9.93. The van der Waals surface area contributed by atoms with E-state index in [0.717, 1.165) is 6.20 Å². The first-order valence-corrected chi connectivity index (χ1v) is 4.23. The van der Waals surface area contributed by atoms with Gasteiger partial charge < -0.3 is 0 Å². The largest absolute Gasteiger partial charge is 0.414 e. The maximum Gasteiger partial charge on any atom is 0.414 e. The quantitative estimate of drug-likeness (QED) is 0.546. The molecule has 1 aliphatic rings. The maximum absolute atomic E-state index is 12.3. The number of hydrogen-bond donors (Lipinski definition) is 0. The Morgan fingerprint density at radius 3 is 2.46 bits per heavy atom. The molecule has 0 aliphatic carbocycles. The van der Waals surface area contributed by atoms with Crippen molar-refractivity contribution in [2.75, 3.05) is 0 Å². The molecule has 0 N–H and O–H groups in total. The smallest absolute Gasteiger partial charge is 0.264 e. The summed E-state index contributed by atoms with van der Waals surface area (Å²) in [7, 11) is 0. The van der Waals surface area contributed by atoms with E-state index in [0.29, 0.717) is 5.71 Å². The van der Waals surface area contributed by atoms with Crippen molar-refractivity contribution in [1.82, 2.24) is 0 Å². The van der Waals surface area contributed by atoms with Crippen molar-refractivity contribution in [2.24, 2.45) is 10.9 Å². The zero-order chi connectivity index (χ0) is 10.2. The van der Waals surface area contributed by atoms with Crippen LogP contribution in [0.15, 0.2) is 16.8 Å². The predicted molar refractivity (Wildman–Crippen MR) is 46.1 cm³/mol. The fourth-order valence-electron chi connectivity index (χ4n) is 1.21. The number of rotatable bonds is 0. The lowest BCUT2D eigenvalue weighted by Gasteiger charge is -2.25. The van der Waals surface area contributed by atoms with Crippen LogP contribution in [0.5, 0.6) is 0 Å². The van der Waals surface area contributed by atoms with Gasteiger partial charge in [0.2, 0.25) is 0 Å². The van der Waals surface area contributed by atoms with Crippen LogP contribution in [0.2, 0.25) is 0 Å². The van der Waals surface area contributed by atoms with Crippen molar-refractivity contribution in [1.29, 1.82) is 0 Å². The Morgan fingerprint density at radius 1 is 1.46 bits per heavy atom. The van der Waals surface area contributed by atoms with E-state index in [4.69, 9.17) is 11.6 Å². The van der Waals surface area contributed by atoms with Crippen LogP contribution >= 0.6 is 11.6 Å². The fourth-order valence-corrected chi connectivity index (χ4v) is 1.40. The van der Waals surface area contributed by atoms with E-state index in [1.54, 1.807) is 6.92 Å². The minimum absolute atomic E-state index is 0.530. The molecule has 1 nitrogen and oxygen atoms in total. The molecular weight excluding hydrogens is 203 g/mol. The van der Waals surface area contributed by atoms with Crippen LogP contribution in [-0.2, 0) is 0 Å². The Bertz CT molecular complexity index is 267. The fraction of sp³-hybridized carbons (Fsp3) is 0.625. The van der Waals surface area contributed by atoms with Crippen molar-refractivity contribution in [3.63, 3.8) is 0 Å². The molecule has 13 heavy (non-hydrogen) atoms. The van der Waals surface area contributed by atoms with Gasteiger partial charge in [-0.1, -0.05) is 6.92 Å². The van der Waals surface area contributed by atoms with Crippen LogP contribution < -0.4 is 0 Å². The Balaban J connectivity index is 3.01. The van der Waals surface area contributed by atoms with E-state index in [9.17, 15) is 13.2 Å². The highest BCUT2D eigenvalue weighted by molar-refractivity contribution is 6.32. The minimum Gasteiger partial charge on any atom is -0.264 e. The highest BCUT2D eigenvalue weighted by atomic mass is 35.5. The van der Waals surface area contributed by atoms with Crippen LogP contribution in [-0.4, -0.2) is 17.3 Å². The molecule has 1 heterocycles. The van der Waals surface area contributed by atoms with Crippen LogP contribution in [0.3, 0.4) is 0 Å². The van der Waals surface area contributed by atoms with Gasteiger partial charge in [0.1, 0.15) is 0 Å². The van der Waals surface area contributed by atoms with Crippen LogP contribution in [0.4, 0.5) is 13.2 Å². The first-order valence-electron chi connectivity index (χ1n) is 3.79. The molecule has 0 aromatic carbocycles. The molecule has 1 aliphatic heterocycles. The van der Waals surface area contributed by atoms with Gasteiger partial charge in [-0.3, -0.25) is 4.99 Å². The van der Waals surface area contributed by atoms with Crippen LogP contribution in [0.25, 0.3) is 0 Å². The second-order valence-electron chi connectivity index (χ2n) is 3.04. The molecule has 2 unspecified atom stereocenters. The standard InChI is InChI=1S/C8H9ClF3N/c1-4-6(8(10,11)12)3-13-5(2)7(4)9/h3-4,7H,1-2H3. The summed E-state index contributed by atoms with van der Waals surface area (Å²) < 4.78 is 36.9. The van der Waals surface area contributed by atoms with Crippen LogP contribution in [0.1, 0.15) is 13.8 Å². The summed E-state index contributed by atoms with van der Waals surface area (Å²) in [5.74, 6) is -0.723. The molecule has 1 rings (SSSR count). The average molecular weight is 212 g/mol. The van der Waals surface area contributed by atoms with E-state index in [1.807, 2.05) is 0 Å². The normalized spacial score (nSPS) is 29.7. The van der Waals surface area contributed by atoms with Gasteiger partial charge in [-0.15, -0.1) is 11.6 Å². The number of hydrogen-bond acceptors (Lipinski definition) is 1. The Labute approximate surface area is 79.3 Å². The molecule has 0 bridgehead atoms. The monoisotopic (exact) mass is 211 g/mol. The number of alkyl halides is 4. The Hall–Kier alpha value is -0.510. The molecular formula is C8H9ClF3N. The number of aliphatic imine (C=N–C) groups is 1. The summed E-state index contributed by atoms with van der Waals surface area (Å²) in [6.45, 7) is 3.08. The van der Waals surface area contributed by atoms with Gasteiger partial charge in [0.15, 0.2) is 0 Å². The van der Waals surface area contributed by atoms with Crippen molar-refractivity contribution in [3.05, 3.63) is 11.8 Å². The number of halogens is 4. The predicted octanol–water partition coefficient (Wildman–Crippen LogP) is 3.15. The lowest BCUT2D eigenvalue weighted by Crippen LogP contribution is -2.31. The summed E-state index contributed by atoms with van der Waals surface area (Å²) in [4.78, 5) is 3.61. The van der Waals surface area contributed by atoms with Crippen molar-refractivity contribution >= 4 is 17.3 Å². The van der Waals surface area contributed by atoms with E-state index >= 15 is 0 Å². The summed E-state index contributed by atoms with van der Waals surface area (Å²) in [5, 5.41) is -0.651.